The first-order chi connectivity index (χ1) is 4.70. The summed E-state index contributed by atoms with van der Waals surface area (Å²) in [5.74, 6) is 0. The van der Waals surface area contributed by atoms with E-state index < -0.39 is 11.1 Å². The van der Waals surface area contributed by atoms with E-state index in [2.05, 4.69) is 0 Å². The van der Waals surface area contributed by atoms with Crippen molar-refractivity contribution in [3.05, 3.63) is 29.3 Å². The molecule has 1 aromatic rings. The molecule has 58 valence electrons. The summed E-state index contributed by atoms with van der Waals surface area (Å²) in [6.07, 6.45) is 0. The molecule has 0 aliphatic heterocycles. The molecule has 0 saturated heterocycles. The van der Waals surface area contributed by atoms with Gasteiger partial charge in [-0.05, 0) is 24.3 Å². The molecule has 0 saturated carbocycles. The van der Waals surface area contributed by atoms with Crippen LogP contribution in [0.1, 0.15) is 0 Å². The van der Waals surface area contributed by atoms with Gasteiger partial charge in [-0.2, -0.15) is 0 Å². The van der Waals surface area contributed by atoms with Crippen molar-refractivity contribution < 1.29 is 8.76 Å². The number of hydrogen-bond donors (Lipinski definition) is 1. The van der Waals surface area contributed by atoms with Gasteiger partial charge in [0.1, 0.15) is 0 Å². The van der Waals surface area contributed by atoms with Gasteiger partial charge >= 0.3 is 48.9 Å². The fourth-order valence-corrected chi connectivity index (χ4v) is 1.05. The molecule has 0 heterocycles. The average molecular weight is 316 g/mol. The summed E-state index contributed by atoms with van der Waals surface area (Å²) < 4.78 is 18.9. The average Bonchev–Trinajstić information content (AvgIpc) is 1.88. The van der Waals surface area contributed by atoms with E-state index in [0.29, 0.717) is 9.92 Å². The Kier molecular flexibility index (Phi) is 6.40. The first kappa shape index (κ1) is 12.2. The monoisotopic (exact) mass is 316 g/mol. The van der Waals surface area contributed by atoms with Gasteiger partial charge in [0, 0.05) is 5.02 Å². The van der Waals surface area contributed by atoms with Gasteiger partial charge in [0.05, 0.1) is 4.90 Å². The van der Waals surface area contributed by atoms with Gasteiger partial charge in [-0.3, -0.25) is 0 Å². The van der Waals surface area contributed by atoms with Crippen molar-refractivity contribution >= 4 is 71.6 Å². The molecule has 0 aliphatic carbocycles. The predicted molar refractivity (Wildman–Crippen MR) is 49.0 cm³/mol. The van der Waals surface area contributed by atoms with Crippen LogP contribution in [0, 0.1) is 0 Å². The van der Waals surface area contributed by atoms with Gasteiger partial charge in [0.25, 0.3) is 0 Å². The Hall–Kier alpha value is 1.19. The van der Waals surface area contributed by atoms with E-state index >= 15 is 0 Å². The number of hydrogen-bond acceptors (Lipinski definition) is 1. The predicted octanol–water partition coefficient (Wildman–Crippen LogP) is 1.00. The molecule has 1 N–H and O–H groups in total. The van der Waals surface area contributed by atoms with Crippen LogP contribution < -0.4 is 0 Å². The molecule has 2 nitrogen and oxygen atoms in total. The standard InChI is InChI=1S/C6H5ClO2S.Ba.2H/c7-5-1-3-6(4-2-5)10(8)9;;;/h1-4H,(H,8,9);;;. The number of benzene rings is 1. The van der Waals surface area contributed by atoms with Gasteiger partial charge < -0.3 is 4.55 Å². The second-order valence-electron chi connectivity index (χ2n) is 1.70. The summed E-state index contributed by atoms with van der Waals surface area (Å²) in [6.45, 7) is 0. The molecule has 0 aliphatic rings. The zero-order valence-corrected chi connectivity index (χ0v) is 6.52. The van der Waals surface area contributed by atoms with E-state index in [1.807, 2.05) is 0 Å². The van der Waals surface area contributed by atoms with Crippen molar-refractivity contribution in [2.75, 3.05) is 0 Å². The minimum atomic E-state index is -1.90. The summed E-state index contributed by atoms with van der Waals surface area (Å²) in [6, 6.07) is 6.17. The molecule has 1 unspecified atom stereocenters. The topological polar surface area (TPSA) is 37.3 Å². The fourth-order valence-electron chi connectivity index (χ4n) is 0.551. The van der Waals surface area contributed by atoms with Crippen LogP contribution in [0.4, 0.5) is 0 Å². The molecule has 1 rings (SSSR count). The van der Waals surface area contributed by atoms with Gasteiger partial charge in [-0.1, -0.05) is 11.6 Å². The molecule has 0 spiro atoms. The quantitative estimate of drug-likeness (QED) is 0.620. The van der Waals surface area contributed by atoms with E-state index in [0.717, 1.165) is 0 Å². The van der Waals surface area contributed by atoms with Crippen LogP contribution in [0.2, 0.25) is 5.02 Å². The first-order valence-electron chi connectivity index (χ1n) is 2.56. The molecular weight excluding hydrogens is 309 g/mol. The third-order valence-electron chi connectivity index (χ3n) is 1.02. The Morgan fingerprint density at radius 3 is 2.09 bits per heavy atom. The third kappa shape index (κ3) is 4.10. The van der Waals surface area contributed by atoms with Crippen molar-refractivity contribution in [1.82, 2.24) is 0 Å². The maximum absolute atomic E-state index is 10.4. The fraction of sp³-hybridized carbons (Fsp3) is 0. The molecule has 1 aromatic carbocycles. The molecule has 0 aromatic heterocycles. The Morgan fingerprint density at radius 2 is 1.73 bits per heavy atom. The maximum atomic E-state index is 10.4. The van der Waals surface area contributed by atoms with Crippen LogP contribution in [0.15, 0.2) is 29.2 Å². The van der Waals surface area contributed by atoms with E-state index in [4.69, 9.17) is 16.2 Å². The van der Waals surface area contributed by atoms with Crippen LogP contribution >= 0.6 is 11.6 Å². The van der Waals surface area contributed by atoms with E-state index in [-0.39, 0.29) is 48.9 Å². The number of halogens is 1. The van der Waals surface area contributed by atoms with E-state index in [9.17, 15) is 4.21 Å². The zero-order chi connectivity index (χ0) is 7.56. The molecular formula is C6H7BaClO2S. The van der Waals surface area contributed by atoms with Crippen LogP contribution in [0.25, 0.3) is 0 Å². The molecule has 0 fully saturated rings. The van der Waals surface area contributed by atoms with Crippen molar-refractivity contribution in [1.29, 1.82) is 0 Å². The van der Waals surface area contributed by atoms with Crippen LogP contribution in [-0.2, 0) is 11.1 Å². The summed E-state index contributed by atoms with van der Waals surface area (Å²) in [5.41, 5.74) is 0. The molecule has 1 atom stereocenters. The third-order valence-corrected chi connectivity index (χ3v) is 1.94. The summed E-state index contributed by atoms with van der Waals surface area (Å²) in [4.78, 5) is 0.365. The van der Waals surface area contributed by atoms with Crippen molar-refractivity contribution in [3.63, 3.8) is 0 Å². The molecule has 11 heavy (non-hydrogen) atoms. The summed E-state index contributed by atoms with van der Waals surface area (Å²) in [5, 5.41) is 0.564. The molecule has 0 bridgehead atoms. The molecule has 0 radical (unpaired) electrons. The van der Waals surface area contributed by atoms with Crippen molar-refractivity contribution in [2.45, 2.75) is 4.90 Å². The second-order valence-corrected chi connectivity index (χ2v) is 3.11. The first-order valence-corrected chi connectivity index (χ1v) is 4.05. The normalized spacial score (nSPS) is 11.8. The Morgan fingerprint density at radius 1 is 1.27 bits per heavy atom. The summed E-state index contributed by atoms with van der Waals surface area (Å²) >= 11 is 3.64. The SMILES string of the molecule is O=S(O)c1ccc(Cl)cc1.[BaH2]. The molecule has 5 heteroatoms. The van der Waals surface area contributed by atoms with Gasteiger partial charge in [-0.15, -0.1) is 0 Å². The Balaban J connectivity index is 0.000001000. The van der Waals surface area contributed by atoms with Crippen LogP contribution in [0.3, 0.4) is 0 Å². The minimum absolute atomic E-state index is 0. The van der Waals surface area contributed by atoms with E-state index in [1.54, 1.807) is 12.1 Å². The Bertz CT molecular complexity index is 249. The van der Waals surface area contributed by atoms with Gasteiger partial charge in [0.2, 0.25) is 0 Å². The Labute approximate surface area is 113 Å². The zero-order valence-electron chi connectivity index (χ0n) is 4.95. The van der Waals surface area contributed by atoms with E-state index in [1.165, 1.54) is 12.1 Å². The van der Waals surface area contributed by atoms with Crippen molar-refractivity contribution in [3.8, 4) is 0 Å². The second kappa shape index (κ2) is 5.77. The van der Waals surface area contributed by atoms with Gasteiger partial charge in [0.15, 0.2) is 11.1 Å². The van der Waals surface area contributed by atoms with Crippen LogP contribution in [-0.4, -0.2) is 57.6 Å². The van der Waals surface area contributed by atoms with Crippen molar-refractivity contribution in [2.24, 2.45) is 0 Å². The van der Waals surface area contributed by atoms with Gasteiger partial charge in [-0.25, -0.2) is 4.21 Å². The molecule has 0 amide bonds. The van der Waals surface area contributed by atoms with Crippen LogP contribution in [0.5, 0.6) is 0 Å². The summed E-state index contributed by atoms with van der Waals surface area (Å²) in [7, 11) is 0. The number of rotatable bonds is 1.